The third kappa shape index (κ3) is 3.91. The summed E-state index contributed by atoms with van der Waals surface area (Å²) in [7, 11) is 0. The molecule has 1 amide bonds. The molecule has 0 fully saturated rings. The Morgan fingerprint density at radius 3 is 2.67 bits per heavy atom. The van der Waals surface area contributed by atoms with Crippen molar-refractivity contribution in [2.24, 2.45) is 0 Å². The summed E-state index contributed by atoms with van der Waals surface area (Å²) in [5, 5.41) is 9.82. The van der Waals surface area contributed by atoms with Gasteiger partial charge in [-0.3, -0.25) is 4.79 Å². The fraction of sp³-hybridized carbons (Fsp3) is 0.500. The molecule has 0 radical (unpaired) electrons. The van der Waals surface area contributed by atoms with Crippen molar-refractivity contribution >= 4 is 17.5 Å². The minimum Gasteiger partial charge on any atom is -0.507 e. The van der Waals surface area contributed by atoms with Crippen LogP contribution in [0.4, 0.5) is 0 Å². The molecule has 0 spiro atoms. The van der Waals surface area contributed by atoms with Gasteiger partial charge in [0.25, 0.3) is 5.91 Å². The Morgan fingerprint density at radius 2 is 2.11 bits per heavy atom. The van der Waals surface area contributed by atoms with Crippen LogP contribution in [0.15, 0.2) is 18.2 Å². The van der Waals surface area contributed by atoms with E-state index in [0.717, 1.165) is 18.4 Å². The fourth-order valence-electron chi connectivity index (χ4n) is 1.76. The number of aryl methyl sites for hydroxylation is 1. The zero-order chi connectivity index (χ0) is 13.5. The van der Waals surface area contributed by atoms with Crippen molar-refractivity contribution in [1.82, 2.24) is 4.90 Å². The molecule has 1 aromatic rings. The lowest BCUT2D eigenvalue weighted by molar-refractivity contribution is 0.0760. The summed E-state index contributed by atoms with van der Waals surface area (Å²) < 4.78 is 0. The van der Waals surface area contributed by atoms with Crippen LogP contribution in [0.5, 0.6) is 5.75 Å². The molecule has 0 aromatic heterocycles. The summed E-state index contributed by atoms with van der Waals surface area (Å²) in [6.07, 6.45) is 1.96. The molecule has 0 unspecified atom stereocenters. The first-order valence-electron chi connectivity index (χ1n) is 6.25. The maximum Gasteiger partial charge on any atom is 0.257 e. The Hall–Kier alpha value is -1.22. The number of amides is 1. The SMILES string of the molecule is CCCCN(CCCl)C(=O)c1ccc(C)cc1O. The van der Waals surface area contributed by atoms with Gasteiger partial charge in [0.2, 0.25) is 0 Å². The molecule has 0 saturated heterocycles. The maximum absolute atomic E-state index is 12.3. The highest BCUT2D eigenvalue weighted by Crippen LogP contribution is 2.20. The van der Waals surface area contributed by atoms with E-state index in [1.807, 2.05) is 13.0 Å². The second-order valence-corrected chi connectivity index (χ2v) is 4.73. The quantitative estimate of drug-likeness (QED) is 0.806. The van der Waals surface area contributed by atoms with E-state index in [9.17, 15) is 9.90 Å². The van der Waals surface area contributed by atoms with E-state index in [2.05, 4.69) is 6.92 Å². The van der Waals surface area contributed by atoms with E-state index < -0.39 is 0 Å². The molecule has 100 valence electrons. The molecule has 0 bridgehead atoms. The van der Waals surface area contributed by atoms with E-state index in [1.54, 1.807) is 17.0 Å². The normalized spacial score (nSPS) is 10.4. The number of hydrogen-bond donors (Lipinski definition) is 1. The number of halogens is 1. The van der Waals surface area contributed by atoms with Gasteiger partial charge in [0, 0.05) is 19.0 Å². The minimum absolute atomic E-state index is 0.0380. The second-order valence-electron chi connectivity index (χ2n) is 4.36. The van der Waals surface area contributed by atoms with Crippen LogP contribution in [0, 0.1) is 6.92 Å². The monoisotopic (exact) mass is 269 g/mol. The van der Waals surface area contributed by atoms with Crippen molar-refractivity contribution in [2.75, 3.05) is 19.0 Å². The molecular weight excluding hydrogens is 250 g/mol. The Morgan fingerprint density at radius 1 is 1.39 bits per heavy atom. The molecule has 1 aromatic carbocycles. The first-order chi connectivity index (χ1) is 8.60. The number of rotatable bonds is 6. The molecule has 0 aliphatic rings. The molecule has 1 rings (SSSR count). The number of benzene rings is 1. The fourth-order valence-corrected chi connectivity index (χ4v) is 1.96. The van der Waals surface area contributed by atoms with E-state index >= 15 is 0 Å². The van der Waals surface area contributed by atoms with E-state index in [1.165, 1.54) is 0 Å². The van der Waals surface area contributed by atoms with Gasteiger partial charge in [0.15, 0.2) is 0 Å². The smallest absolute Gasteiger partial charge is 0.257 e. The molecule has 0 heterocycles. The summed E-state index contributed by atoms with van der Waals surface area (Å²) in [5.74, 6) is 0.292. The number of carbonyl (C=O) groups is 1. The van der Waals surface area contributed by atoms with Gasteiger partial charge in [0.1, 0.15) is 5.75 Å². The van der Waals surface area contributed by atoms with Gasteiger partial charge in [0.05, 0.1) is 5.56 Å². The maximum atomic E-state index is 12.3. The van der Waals surface area contributed by atoms with Crippen molar-refractivity contribution in [3.05, 3.63) is 29.3 Å². The highest BCUT2D eigenvalue weighted by Gasteiger charge is 2.17. The van der Waals surface area contributed by atoms with Crippen LogP contribution in [-0.2, 0) is 0 Å². The summed E-state index contributed by atoms with van der Waals surface area (Å²) in [4.78, 5) is 14.0. The van der Waals surface area contributed by atoms with Gasteiger partial charge < -0.3 is 10.0 Å². The number of unbranched alkanes of at least 4 members (excludes halogenated alkanes) is 1. The van der Waals surface area contributed by atoms with Gasteiger partial charge in [-0.25, -0.2) is 0 Å². The number of aromatic hydroxyl groups is 1. The highest BCUT2D eigenvalue weighted by molar-refractivity contribution is 6.18. The van der Waals surface area contributed by atoms with E-state index in [0.29, 0.717) is 24.5 Å². The van der Waals surface area contributed by atoms with Gasteiger partial charge in [-0.1, -0.05) is 19.4 Å². The van der Waals surface area contributed by atoms with Crippen LogP contribution in [-0.4, -0.2) is 34.9 Å². The number of hydrogen-bond acceptors (Lipinski definition) is 2. The summed E-state index contributed by atoms with van der Waals surface area (Å²) >= 11 is 5.72. The lowest BCUT2D eigenvalue weighted by atomic mass is 10.1. The predicted molar refractivity (Wildman–Crippen MR) is 74.4 cm³/mol. The summed E-state index contributed by atoms with van der Waals surface area (Å²) in [6.45, 7) is 5.14. The molecule has 0 saturated carbocycles. The lowest BCUT2D eigenvalue weighted by Crippen LogP contribution is -2.33. The first kappa shape index (κ1) is 14.8. The van der Waals surface area contributed by atoms with Gasteiger partial charge in [-0.15, -0.1) is 11.6 Å². The van der Waals surface area contributed by atoms with Crippen LogP contribution >= 0.6 is 11.6 Å². The highest BCUT2D eigenvalue weighted by atomic mass is 35.5. The topological polar surface area (TPSA) is 40.5 Å². The number of carbonyl (C=O) groups excluding carboxylic acids is 1. The van der Waals surface area contributed by atoms with Crippen LogP contribution in [0.1, 0.15) is 35.7 Å². The number of alkyl halides is 1. The van der Waals surface area contributed by atoms with Crippen LogP contribution < -0.4 is 0 Å². The average molecular weight is 270 g/mol. The number of phenolic OH excluding ortho intramolecular Hbond substituents is 1. The van der Waals surface area contributed by atoms with Crippen LogP contribution in [0.3, 0.4) is 0 Å². The minimum atomic E-state index is -0.151. The first-order valence-corrected chi connectivity index (χ1v) is 6.78. The number of phenols is 1. The van der Waals surface area contributed by atoms with E-state index in [-0.39, 0.29) is 11.7 Å². The molecular formula is C14H20ClNO2. The average Bonchev–Trinajstić information content (AvgIpc) is 2.33. The van der Waals surface area contributed by atoms with Gasteiger partial charge >= 0.3 is 0 Å². The summed E-state index contributed by atoms with van der Waals surface area (Å²) in [5.41, 5.74) is 1.28. The molecule has 0 aliphatic heterocycles. The Kier molecular flexibility index (Phi) is 5.99. The van der Waals surface area contributed by atoms with E-state index in [4.69, 9.17) is 11.6 Å². The second kappa shape index (κ2) is 7.27. The third-order valence-electron chi connectivity index (χ3n) is 2.81. The van der Waals surface area contributed by atoms with Crippen molar-refractivity contribution in [3.63, 3.8) is 0 Å². The van der Waals surface area contributed by atoms with Gasteiger partial charge in [-0.05, 0) is 31.0 Å². The lowest BCUT2D eigenvalue weighted by Gasteiger charge is -2.22. The zero-order valence-corrected chi connectivity index (χ0v) is 11.7. The zero-order valence-electron chi connectivity index (χ0n) is 10.9. The van der Waals surface area contributed by atoms with Crippen molar-refractivity contribution in [1.29, 1.82) is 0 Å². The Balaban J connectivity index is 2.87. The molecule has 3 nitrogen and oxygen atoms in total. The van der Waals surface area contributed by atoms with Crippen LogP contribution in [0.2, 0.25) is 0 Å². The molecule has 1 N–H and O–H groups in total. The Bertz CT molecular complexity index is 407. The summed E-state index contributed by atoms with van der Waals surface area (Å²) in [6, 6.07) is 5.09. The van der Waals surface area contributed by atoms with Gasteiger partial charge in [-0.2, -0.15) is 0 Å². The Labute approximate surface area is 113 Å². The van der Waals surface area contributed by atoms with Crippen molar-refractivity contribution in [2.45, 2.75) is 26.7 Å². The molecule has 4 heteroatoms. The standard InChI is InChI=1S/C14H20ClNO2/c1-3-4-8-16(9-7-15)14(18)12-6-5-11(2)10-13(12)17/h5-6,10,17H,3-4,7-9H2,1-2H3. The van der Waals surface area contributed by atoms with Crippen LogP contribution in [0.25, 0.3) is 0 Å². The number of nitrogens with zero attached hydrogens (tertiary/aromatic N) is 1. The van der Waals surface area contributed by atoms with Crippen molar-refractivity contribution < 1.29 is 9.90 Å². The molecule has 18 heavy (non-hydrogen) atoms. The largest absolute Gasteiger partial charge is 0.507 e. The predicted octanol–water partition coefficient (Wildman–Crippen LogP) is 3.18. The van der Waals surface area contributed by atoms with Crippen molar-refractivity contribution in [3.8, 4) is 5.75 Å². The third-order valence-corrected chi connectivity index (χ3v) is 2.98. The molecule has 0 aliphatic carbocycles. The molecule has 0 atom stereocenters.